The van der Waals surface area contributed by atoms with E-state index in [-0.39, 0.29) is 24.4 Å². The first kappa shape index (κ1) is 26.7. The number of piperazine rings is 1. The van der Waals surface area contributed by atoms with Crippen molar-refractivity contribution in [3.8, 4) is 0 Å². The molecule has 198 valence electrons. The zero-order valence-electron chi connectivity index (χ0n) is 22.0. The maximum absolute atomic E-state index is 13.6. The topological polar surface area (TPSA) is 76.2 Å². The molecule has 2 aliphatic heterocycles. The average Bonchev–Trinajstić information content (AvgIpc) is 2.92. The smallest absolute Gasteiger partial charge is 0.334 e. The predicted octanol–water partition coefficient (Wildman–Crippen LogP) is 3.64. The minimum absolute atomic E-state index is 0.000652. The second kappa shape index (κ2) is 12.7. The van der Waals surface area contributed by atoms with Crippen molar-refractivity contribution in [3.63, 3.8) is 0 Å². The van der Waals surface area contributed by atoms with Gasteiger partial charge in [0.05, 0.1) is 13.1 Å². The van der Waals surface area contributed by atoms with Gasteiger partial charge in [-0.05, 0) is 30.4 Å². The van der Waals surface area contributed by atoms with Crippen LogP contribution < -0.4 is 5.32 Å². The van der Waals surface area contributed by atoms with E-state index in [1.54, 1.807) is 14.9 Å². The van der Waals surface area contributed by atoms with E-state index in [0.717, 1.165) is 31.2 Å². The Labute approximate surface area is 220 Å². The van der Waals surface area contributed by atoms with Crippen LogP contribution in [0.5, 0.6) is 0 Å². The predicted molar refractivity (Wildman–Crippen MR) is 143 cm³/mol. The Kier molecular flexibility index (Phi) is 9.17. The summed E-state index contributed by atoms with van der Waals surface area (Å²) in [5.41, 5.74) is 2.24. The fourth-order valence-corrected chi connectivity index (χ4v) is 5.31. The van der Waals surface area contributed by atoms with Crippen LogP contribution in [0.3, 0.4) is 0 Å². The Balaban J connectivity index is 1.54. The number of carbonyl (C=O) groups excluding carboxylic acids is 3. The Morgan fingerprint density at radius 2 is 1.62 bits per heavy atom. The van der Waals surface area contributed by atoms with Crippen molar-refractivity contribution in [1.29, 1.82) is 0 Å². The van der Waals surface area contributed by atoms with Gasteiger partial charge in [-0.1, -0.05) is 87.4 Å². The number of likely N-dealkylation sites (N-methyl/N-ethyl adjacent to an activating group) is 1. The lowest BCUT2D eigenvalue weighted by Gasteiger charge is -2.55. The number of amides is 4. The molecule has 0 unspecified atom stereocenters. The summed E-state index contributed by atoms with van der Waals surface area (Å²) in [5, 5.41) is 6.52. The number of carbonyl (C=O) groups is 3. The van der Waals surface area contributed by atoms with Gasteiger partial charge < -0.3 is 15.1 Å². The number of fused-ring (bicyclic) bond motifs is 1. The van der Waals surface area contributed by atoms with Gasteiger partial charge in [0, 0.05) is 19.6 Å². The first-order chi connectivity index (χ1) is 18.0. The summed E-state index contributed by atoms with van der Waals surface area (Å²) >= 11 is 0. The second-order valence-corrected chi connectivity index (χ2v) is 9.78. The highest BCUT2D eigenvalue weighted by Gasteiger charge is 2.50. The van der Waals surface area contributed by atoms with Gasteiger partial charge >= 0.3 is 6.03 Å². The van der Waals surface area contributed by atoms with Crippen LogP contribution in [0.4, 0.5) is 4.79 Å². The minimum Gasteiger partial charge on any atom is -0.337 e. The first-order valence-electron chi connectivity index (χ1n) is 13.5. The van der Waals surface area contributed by atoms with Crippen LogP contribution in [0.15, 0.2) is 60.7 Å². The molecule has 4 amide bonds. The molecule has 0 radical (unpaired) electrons. The van der Waals surface area contributed by atoms with Gasteiger partial charge in [-0.15, -0.1) is 0 Å². The molecule has 2 aliphatic rings. The Morgan fingerprint density at radius 1 is 0.946 bits per heavy atom. The van der Waals surface area contributed by atoms with Crippen LogP contribution in [-0.2, 0) is 22.6 Å². The number of aryl methyl sites for hydroxylation is 1. The molecule has 0 aromatic heterocycles. The van der Waals surface area contributed by atoms with E-state index in [4.69, 9.17) is 0 Å². The minimum atomic E-state index is -0.536. The molecule has 2 aromatic rings. The molecule has 2 fully saturated rings. The summed E-state index contributed by atoms with van der Waals surface area (Å²) in [6.07, 6.45) is 3.58. The normalized spacial score (nSPS) is 20.2. The molecular formula is C29H39N5O3. The Morgan fingerprint density at radius 3 is 2.27 bits per heavy atom. The highest BCUT2D eigenvalue weighted by molar-refractivity contribution is 5.91. The molecule has 2 saturated heterocycles. The number of benzene rings is 2. The number of unbranched alkanes of at least 4 members (excludes halogenated alkanes) is 1. The SMILES string of the molecule is CCCC[C@H]1C(=O)N(CCCc2ccccc2)C[C@H]2N1C(=O)CN(CC)N2C(=O)NCc1ccccc1. The van der Waals surface area contributed by atoms with E-state index < -0.39 is 12.2 Å². The summed E-state index contributed by atoms with van der Waals surface area (Å²) in [6, 6.07) is 19.2. The fraction of sp³-hybridized carbons (Fsp3) is 0.483. The van der Waals surface area contributed by atoms with Gasteiger partial charge in [-0.3, -0.25) is 9.59 Å². The number of hydrazine groups is 1. The highest BCUT2D eigenvalue weighted by Crippen LogP contribution is 2.29. The molecule has 8 heteroatoms. The van der Waals surface area contributed by atoms with Crippen molar-refractivity contribution in [2.24, 2.45) is 0 Å². The Bertz CT molecular complexity index is 1050. The highest BCUT2D eigenvalue weighted by atomic mass is 16.2. The van der Waals surface area contributed by atoms with E-state index >= 15 is 0 Å². The van der Waals surface area contributed by atoms with Crippen LogP contribution in [-0.4, -0.2) is 76.0 Å². The lowest BCUT2D eigenvalue weighted by Crippen LogP contribution is -2.76. The third kappa shape index (κ3) is 6.31. The number of urea groups is 1. The molecule has 1 N–H and O–H groups in total. The number of nitrogens with one attached hydrogen (secondary N) is 1. The lowest BCUT2D eigenvalue weighted by molar-refractivity contribution is -0.190. The van der Waals surface area contributed by atoms with E-state index in [1.165, 1.54) is 5.56 Å². The average molecular weight is 506 g/mol. The van der Waals surface area contributed by atoms with Crippen molar-refractivity contribution in [3.05, 3.63) is 71.8 Å². The van der Waals surface area contributed by atoms with E-state index in [9.17, 15) is 14.4 Å². The molecule has 0 bridgehead atoms. The monoisotopic (exact) mass is 505 g/mol. The van der Waals surface area contributed by atoms with Crippen LogP contribution in [0.25, 0.3) is 0 Å². The molecule has 0 spiro atoms. The van der Waals surface area contributed by atoms with Gasteiger partial charge in [0.2, 0.25) is 11.8 Å². The van der Waals surface area contributed by atoms with Gasteiger partial charge in [0.1, 0.15) is 12.2 Å². The third-order valence-electron chi connectivity index (χ3n) is 7.26. The number of hydrogen-bond donors (Lipinski definition) is 1. The fourth-order valence-electron chi connectivity index (χ4n) is 5.31. The van der Waals surface area contributed by atoms with Crippen molar-refractivity contribution in [2.45, 2.75) is 64.7 Å². The van der Waals surface area contributed by atoms with E-state index in [1.807, 2.05) is 60.4 Å². The van der Waals surface area contributed by atoms with Crippen LogP contribution in [0.1, 0.15) is 50.7 Å². The Hall–Kier alpha value is -3.39. The summed E-state index contributed by atoms with van der Waals surface area (Å²) in [7, 11) is 0. The largest absolute Gasteiger partial charge is 0.337 e. The van der Waals surface area contributed by atoms with Crippen molar-refractivity contribution in [2.75, 3.05) is 26.2 Å². The van der Waals surface area contributed by atoms with Crippen molar-refractivity contribution < 1.29 is 14.4 Å². The summed E-state index contributed by atoms with van der Waals surface area (Å²) in [6.45, 7) is 5.96. The maximum atomic E-state index is 13.6. The molecule has 2 aromatic carbocycles. The molecule has 2 heterocycles. The van der Waals surface area contributed by atoms with E-state index in [2.05, 4.69) is 24.4 Å². The van der Waals surface area contributed by atoms with Crippen molar-refractivity contribution in [1.82, 2.24) is 25.1 Å². The van der Waals surface area contributed by atoms with Gasteiger partial charge in [0.15, 0.2) is 0 Å². The first-order valence-corrected chi connectivity index (χ1v) is 13.5. The van der Waals surface area contributed by atoms with Crippen LogP contribution in [0.2, 0.25) is 0 Å². The summed E-state index contributed by atoms with van der Waals surface area (Å²) in [5.74, 6) is -0.0851. The number of hydrogen-bond acceptors (Lipinski definition) is 4. The molecule has 0 saturated carbocycles. The standard InChI is InChI=1S/C29H39N5O3/c1-3-5-18-25-28(36)31(19-12-17-23-13-8-6-9-14-23)21-26-33(25)27(35)22-32(4-2)34(26)29(37)30-20-24-15-10-7-11-16-24/h6-11,13-16,25-26H,3-5,12,17-22H2,1-2H3,(H,30,37)/t25-,26-/m0/s1. The van der Waals surface area contributed by atoms with Crippen LogP contribution >= 0.6 is 0 Å². The zero-order chi connectivity index (χ0) is 26.2. The molecule has 37 heavy (non-hydrogen) atoms. The van der Waals surface area contributed by atoms with Gasteiger partial charge in [0.25, 0.3) is 0 Å². The van der Waals surface area contributed by atoms with Crippen LogP contribution in [0, 0.1) is 0 Å². The molecule has 2 atom stereocenters. The molecule has 0 aliphatic carbocycles. The summed E-state index contributed by atoms with van der Waals surface area (Å²) in [4.78, 5) is 44.0. The number of nitrogens with zero attached hydrogens (tertiary/aromatic N) is 4. The van der Waals surface area contributed by atoms with Crippen molar-refractivity contribution >= 4 is 17.8 Å². The second-order valence-electron chi connectivity index (χ2n) is 9.78. The van der Waals surface area contributed by atoms with Gasteiger partial charge in [-0.2, -0.15) is 0 Å². The summed E-state index contributed by atoms with van der Waals surface area (Å²) < 4.78 is 0. The zero-order valence-corrected chi connectivity index (χ0v) is 22.0. The molecule has 8 nitrogen and oxygen atoms in total. The molecular weight excluding hydrogens is 466 g/mol. The maximum Gasteiger partial charge on any atom is 0.334 e. The van der Waals surface area contributed by atoms with E-state index in [0.29, 0.717) is 32.6 Å². The quantitative estimate of drug-likeness (QED) is 0.535. The molecule has 4 rings (SSSR count). The third-order valence-corrected chi connectivity index (χ3v) is 7.26. The van der Waals surface area contributed by atoms with Gasteiger partial charge in [-0.25, -0.2) is 14.8 Å². The number of rotatable bonds is 10. The lowest BCUT2D eigenvalue weighted by atomic mass is 10.0.